The summed E-state index contributed by atoms with van der Waals surface area (Å²) in [6, 6.07) is 21.7. The molecule has 7 rings (SSSR count). The van der Waals surface area contributed by atoms with Crippen LogP contribution in [0.5, 0.6) is 5.75 Å². The van der Waals surface area contributed by atoms with Gasteiger partial charge in [0.05, 0.1) is 59.0 Å². The van der Waals surface area contributed by atoms with Crippen molar-refractivity contribution in [1.82, 2.24) is 0 Å². The molecule has 0 radical (unpaired) electrons. The molecule has 0 unspecified atom stereocenters. The minimum atomic E-state index is -6.13. The number of hydrogen-bond donors (Lipinski definition) is 0. The topological polar surface area (TPSA) is 9.23 Å². The Balaban J connectivity index is 0.000000343. The Kier molecular flexibility index (Phi) is 20.3. The van der Waals surface area contributed by atoms with E-state index in [1.165, 1.54) is 48.0 Å². The standard InChI is InChI=1S/C32H12BF24.C26H31OP/c34-25(35,36)13-1-14(26(37,38)39)6-21(5-13)33(22-7-15(27(40,41)42)2-16(8-22)28(43,44)45,23-9-17(29(46,47)48)3-18(10-23)30(49,50)51)24-11-19(31(52,53)54)4-20(12-24)32(55,56)57;1-2-3-4-5-6-13-22-27-23-18-20-26(21-19-23)28(24-14-9-7-10-15-24)25-16-11-8-12-17-25/h1-12H;7-12,14-21H,2-6,13,22H2,1H3/q-1;/p+1. The maximum Gasteiger partial charge on any atom is 0.416 e. The lowest BCUT2D eigenvalue weighted by Crippen LogP contribution is -2.75. The Bertz CT molecular complexity index is 2860. The van der Waals surface area contributed by atoms with E-state index in [9.17, 15) is 105 Å². The first-order valence-electron chi connectivity index (χ1n) is 25.2. The molecule has 27 heteroatoms. The first-order chi connectivity index (χ1) is 39.1. The third-order valence-corrected chi connectivity index (χ3v) is 16.2. The zero-order chi connectivity index (χ0) is 63.4. The molecule has 0 spiro atoms. The van der Waals surface area contributed by atoms with Crippen LogP contribution < -0.4 is 42.5 Å². The maximum atomic E-state index is 14.2. The van der Waals surface area contributed by atoms with Gasteiger partial charge in [-0.15, -0.1) is 0 Å². The SMILES string of the molecule is CCCCCCCCOc1ccc([PH+](c2ccccc2)c2ccccc2)cc1.FC(F)(F)c1cc([B-](c2cc(C(F)(F)F)cc(C(F)(F)F)c2)(c2cc(C(F)(F)F)cc(C(F)(F)F)c2)c2cc(C(F)(F)F)cc(C(F)(F)F)c2)cc(C(F)(F)F)c1. The van der Waals surface area contributed by atoms with E-state index < -0.39 is 203 Å². The second-order valence-corrected chi connectivity index (χ2v) is 22.0. The molecule has 0 fully saturated rings. The number of halogens is 24. The quantitative estimate of drug-likeness (QED) is 0.0430. The number of rotatable bonds is 15. The highest BCUT2D eigenvalue weighted by Crippen LogP contribution is 2.42. The molecule has 7 aromatic rings. The van der Waals surface area contributed by atoms with Crippen molar-refractivity contribution in [2.75, 3.05) is 6.61 Å². The van der Waals surface area contributed by atoms with E-state index in [0.717, 1.165) is 18.8 Å². The van der Waals surface area contributed by atoms with Crippen molar-refractivity contribution in [3.63, 3.8) is 0 Å². The van der Waals surface area contributed by atoms with Gasteiger partial charge in [-0.1, -0.05) is 124 Å². The number of hydrogen-bond acceptors (Lipinski definition) is 1. The highest BCUT2D eigenvalue weighted by atomic mass is 31.1. The molecule has 0 aliphatic carbocycles. The molecule has 0 aliphatic rings. The van der Waals surface area contributed by atoms with Crippen LogP contribution >= 0.6 is 7.92 Å². The van der Waals surface area contributed by atoms with Crippen molar-refractivity contribution >= 4 is 51.8 Å². The van der Waals surface area contributed by atoms with E-state index in [2.05, 4.69) is 91.9 Å². The van der Waals surface area contributed by atoms with Crippen molar-refractivity contribution in [3.8, 4) is 5.75 Å². The molecule has 0 N–H and O–H groups in total. The van der Waals surface area contributed by atoms with Gasteiger partial charge in [-0.3, -0.25) is 0 Å². The van der Waals surface area contributed by atoms with Gasteiger partial charge in [-0.05, 0) is 79.2 Å². The minimum Gasteiger partial charge on any atom is -0.494 e. The largest absolute Gasteiger partial charge is 0.494 e. The molecular formula is C58H44BF24OP. The van der Waals surface area contributed by atoms with Gasteiger partial charge < -0.3 is 4.74 Å². The molecule has 1 nitrogen and oxygen atoms in total. The van der Waals surface area contributed by atoms with Crippen LogP contribution in [0, 0.1) is 0 Å². The van der Waals surface area contributed by atoms with E-state index >= 15 is 0 Å². The highest BCUT2D eigenvalue weighted by molar-refractivity contribution is 7.79. The fraction of sp³-hybridized carbons (Fsp3) is 0.276. The van der Waals surface area contributed by atoms with E-state index in [1.54, 1.807) is 0 Å². The lowest BCUT2D eigenvalue weighted by atomic mass is 9.12. The predicted octanol–water partition coefficient (Wildman–Crippen LogP) is 17.1. The monoisotopic (exact) mass is 1250 g/mol. The van der Waals surface area contributed by atoms with Crippen LogP contribution in [0.4, 0.5) is 105 Å². The zero-order valence-electron chi connectivity index (χ0n) is 43.5. The zero-order valence-corrected chi connectivity index (χ0v) is 44.5. The Morgan fingerprint density at radius 1 is 0.294 bits per heavy atom. The lowest BCUT2D eigenvalue weighted by Gasteiger charge is -2.46. The van der Waals surface area contributed by atoms with E-state index in [0.29, 0.717) is 0 Å². The number of alkyl halides is 24. The maximum absolute atomic E-state index is 14.2. The van der Waals surface area contributed by atoms with E-state index in [-0.39, 0.29) is 0 Å². The molecule has 458 valence electrons. The number of ether oxygens (including phenoxy) is 1. The first-order valence-corrected chi connectivity index (χ1v) is 26.7. The van der Waals surface area contributed by atoms with Crippen LogP contribution in [0.25, 0.3) is 0 Å². The van der Waals surface area contributed by atoms with E-state index in [1.807, 2.05) is 0 Å². The summed E-state index contributed by atoms with van der Waals surface area (Å²) in [7, 11) is -0.987. The third-order valence-electron chi connectivity index (χ3n) is 13.5. The van der Waals surface area contributed by atoms with Crippen LogP contribution in [0.1, 0.15) is 90.0 Å². The van der Waals surface area contributed by atoms with Gasteiger partial charge in [-0.2, -0.15) is 127 Å². The predicted molar refractivity (Wildman–Crippen MR) is 275 cm³/mol. The summed E-state index contributed by atoms with van der Waals surface area (Å²) in [6.45, 7) is 3.08. The first kappa shape index (κ1) is 67.3. The average Bonchev–Trinajstić information content (AvgIpc) is 0.875. The van der Waals surface area contributed by atoms with Crippen LogP contribution in [0.2, 0.25) is 0 Å². The lowest BCUT2D eigenvalue weighted by molar-refractivity contribution is -0.144. The summed E-state index contributed by atoms with van der Waals surface area (Å²) in [5.74, 6) is 0.986. The Morgan fingerprint density at radius 2 is 0.529 bits per heavy atom. The molecule has 0 atom stereocenters. The second-order valence-electron chi connectivity index (χ2n) is 19.5. The van der Waals surface area contributed by atoms with Gasteiger partial charge in [0.1, 0.15) is 27.8 Å². The summed E-state index contributed by atoms with van der Waals surface area (Å²) < 4.78 is 347. The average molecular weight is 1250 g/mol. The van der Waals surface area contributed by atoms with Crippen LogP contribution in [0.15, 0.2) is 158 Å². The highest BCUT2D eigenvalue weighted by Gasteiger charge is 2.47. The second kappa shape index (κ2) is 25.6. The minimum absolute atomic E-state index is 0.691. The van der Waals surface area contributed by atoms with Gasteiger partial charge in [-0.25, -0.2) is 0 Å². The van der Waals surface area contributed by atoms with Crippen LogP contribution in [-0.2, 0) is 49.4 Å². The van der Waals surface area contributed by atoms with E-state index in [4.69, 9.17) is 4.74 Å². The molecule has 0 amide bonds. The molecule has 0 heterocycles. The third kappa shape index (κ3) is 17.0. The molecule has 0 bridgehead atoms. The molecule has 0 saturated heterocycles. The molecule has 0 aromatic heterocycles. The van der Waals surface area contributed by atoms with Gasteiger partial charge >= 0.3 is 49.4 Å². The Morgan fingerprint density at radius 3 is 0.776 bits per heavy atom. The Hall–Kier alpha value is -6.85. The summed E-state index contributed by atoms with van der Waals surface area (Å²) >= 11 is 0. The van der Waals surface area contributed by atoms with Crippen molar-refractivity contribution in [3.05, 3.63) is 202 Å². The van der Waals surface area contributed by atoms with Crippen molar-refractivity contribution in [2.24, 2.45) is 0 Å². The molecule has 0 saturated carbocycles. The molecule has 7 aromatic carbocycles. The number of unbranched alkanes of at least 4 members (excludes halogenated alkanes) is 5. The molecule has 0 aliphatic heterocycles. The molecule has 85 heavy (non-hydrogen) atoms. The smallest absolute Gasteiger partial charge is 0.416 e. The Labute approximate surface area is 470 Å². The van der Waals surface area contributed by atoms with Gasteiger partial charge in [0.2, 0.25) is 0 Å². The fourth-order valence-electron chi connectivity index (χ4n) is 9.57. The molecular weight excluding hydrogens is 1210 g/mol. The summed E-state index contributed by atoms with van der Waals surface area (Å²) in [5, 5.41) is 4.23. The number of benzene rings is 7. The fourth-order valence-corrected chi connectivity index (χ4v) is 12.1. The van der Waals surface area contributed by atoms with Crippen molar-refractivity contribution in [2.45, 2.75) is 94.9 Å². The summed E-state index contributed by atoms with van der Waals surface area (Å²) in [5.41, 5.74) is -30.2. The van der Waals surface area contributed by atoms with Gasteiger partial charge in [0, 0.05) is 0 Å². The summed E-state index contributed by atoms with van der Waals surface area (Å²) in [4.78, 5) is 0. The van der Waals surface area contributed by atoms with Crippen molar-refractivity contribution < 1.29 is 110 Å². The van der Waals surface area contributed by atoms with Crippen LogP contribution in [0.3, 0.4) is 0 Å². The van der Waals surface area contributed by atoms with Gasteiger partial charge in [0.15, 0.2) is 0 Å². The van der Waals surface area contributed by atoms with Gasteiger partial charge in [0.25, 0.3) is 0 Å². The van der Waals surface area contributed by atoms with Crippen molar-refractivity contribution in [1.29, 1.82) is 0 Å². The normalized spacial score (nSPS) is 13.2. The summed E-state index contributed by atoms with van der Waals surface area (Å²) in [6.07, 6.45) is -47.0. The van der Waals surface area contributed by atoms with Crippen LogP contribution in [-0.4, -0.2) is 12.8 Å².